The van der Waals surface area contributed by atoms with E-state index >= 15 is 0 Å². The van der Waals surface area contributed by atoms with Gasteiger partial charge in [0.1, 0.15) is 17.3 Å². The molecule has 2 N–H and O–H groups in total. The SMILES string of the molecule is Cc1cc(C(C)NCc2nc3ccccc3[nH]2)c(C)o1. The summed E-state index contributed by atoms with van der Waals surface area (Å²) in [5.41, 5.74) is 3.29. The quantitative estimate of drug-likeness (QED) is 0.760. The van der Waals surface area contributed by atoms with Crippen molar-refractivity contribution in [3.8, 4) is 0 Å². The van der Waals surface area contributed by atoms with Gasteiger partial charge in [0.25, 0.3) is 0 Å². The summed E-state index contributed by atoms with van der Waals surface area (Å²) in [6, 6.07) is 10.4. The molecule has 0 fully saturated rings. The zero-order chi connectivity index (χ0) is 14.1. The Morgan fingerprint density at radius 2 is 2.10 bits per heavy atom. The van der Waals surface area contributed by atoms with Gasteiger partial charge in [-0.1, -0.05) is 12.1 Å². The Kier molecular flexibility index (Phi) is 3.32. The summed E-state index contributed by atoms with van der Waals surface area (Å²) in [6.45, 7) is 6.82. The molecule has 1 aromatic carbocycles. The highest BCUT2D eigenvalue weighted by molar-refractivity contribution is 5.74. The first-order valence-electron chi connectivity index (χ1n) is 6.87. The number of benzene rings is 1. The molecule has 0 aliphatic rings. The highest BCUT2D eigenvalue weighted by Gasteiger charge is 2.12. The average molecular weight is 269 g/mol. The van der Waals surface area contributed by atoms with Crippen molar-refractivity contribution in [3.05, 3.63) is 53.2 Å². The lowest BCUT2D eigenvalue weighted by Crippen LogP contribution is -2.19. The fraction of sp³-hybridized carbons (Fsp3) is 0.312. The molecule has 3 rings (SSSR count). The van der Waals surface area contributed by atoms with Crippen LogP contribution < -0.4 is 5.32 Å². The largest absolute Gasteiger partial charge is 0.466 e. The number of hydrogen-bond acceptors (Lipinski definition) is 3. The van der Waals surface area contributed by atoms with Gasteiger partial charge < -0.3 is 14.7 Å². The van der Waals surface area contributed by atoms with E-state index in [4.69, 9.17) is 4.42 Å². The zero-order valence-corrected chi connectivity index (χ0v) is 12.0. The van der Waals surface area contributed by atoms with Gasteiger partial charge in [-0.2, -0.15) is 0 Å². The summed E-state index contributed by atoms with van der Waals surface area (Å²) < 4.78 is 5.57. The summed E-state index contributed by atoms with van der Waals surface area (Å²) in [5, 5.41) is 3.48. The fourth-order valence-corrected chi connectivity index (χ4v) is 2.53. The summed E-state index contributed by atoms with van der Waals surface area (Å²) in [6.07, 6.45) is 0. The number of aromatic nitrogens is 2. The molecule has 4 heteroatoms. The van der Waals surface area contributed by atoms with Gasteiger partial charge in [0.2, 0.25) is 0 Å². The minimum absolute atomic E-state index is 0.237. The van der Waals surface area contributed by atoms with Crippen molar-refractivity contribution in [1.82, 2.24) is 15.3 Å². The van der Waals surface area contributed by atoms with Gasteiger partial charge >= 0.3 is 0 Å². The molecule has 2 aromatic heterocycles. The third-order valence-corrected chi connectivity index (χ3v) is 3.56. The fourth-order valence-electron chi connectivity index (χ4n) is 2.53. The van der Waals surface area contributed by atoms with Crippen LogP contribution in [0.4, 0.5) is 0 Å². The Morgan fingerprint density at radius 3 is 2.80 bits per heavy atom. The number of hydrogen-bond donors (Lipinski definition) is 2. The molecule has 1 atom stereocenters. The second-order valence-corrected chi connectivity index (χ2v) is 5.17. The van der Waals surface area contributed by atoms with E-state index in [2.05, 4.69) is 28.3 Å². The molecule has 2 heterocycles. The number of para-hydroxylation sites is 2. The number of imidazole rings is 1. The standard InChI is InChI=1S/C16H19N3O/c1-10-8-13(12(3)20-10)11(2)17-9-16-18-14-6-4-5-7-15(14)19-16/h4-8,11,17H,9H2,1-3H3,(H,18,19). The number of nitrogens with zero attached hydrogens (tertiary/aromatic N) is 1. The van der Waals surface area contributed by atoms with Crippen molar-refractivity contribution in [2.75, 3.05) is 0 Å². The maximum absolute atomic E-state index is 5.57. The maximum Gasteiger partial charge on any atom is 0.121 e. The van der Waals surface area contributed by atoms with E-state index in [1.807, 2.05) is 38.1 Å². The molecular weight excluding hydrogens is 250 g/mol. The first-order valence-corrected chi connectivity index (χ1v) is 6.87. The number of fused-ring (bicyclic) bond motifs is 1. The van der Waals surface area contributed by atoms with Gasteiger partial charge in [-0.05, 0) is 39.0 Å². The van der Waals surface area contributed by atoms with Crippen molar-refractivity contribution in [2.45, 2.75) is 33.4 Å². The normalized spacial score (nSPS) is 12.9. The monoisotopic (exact) mass is 269 g/mol. The summed E-state index contributed by atoms with van der Waals surface area (Å²) in [5.74, 6) is 2.89. The molecule has 1 unspecified atom stereocenters. The number of H-pyrrole nitrogens is 1. The van der Waals surface area contributed by atoms with Crippen molar-refractivity contribution in [1.29, 1.82) is 0 Å². The van der Waals surface area contributed by atoms with Crippen molar-refractivity contribution in [2.24, 2.45) is 0 Å². The molecule has 0 radical (unpaired) electrons. The molecule has 0 saturated heterocycles. The van der Waals surface area contributed by atoms with Crippen LogP contribution in [0.2, 0.25) is 0 Å². The van der Waals surface area contributed by atoms with E-state index in [-0.39, 0.29) is 6.04 Å². The van der Waals surface area contributed by atoms with Crippen molar-refractivity contribution >= 4 is 11.0 Å². The van der Waals surface area contributed by atoms with Crippen LogP contribution in [0.3, 0.4) is 0 Å². The third-order valence-electron chi connectivity index (χ3n) is 3.56. The Labute approximate surface area is 118 Å². The molecule has 0 bridgehead atoms. The van der Waals surface area contributed by atoms with Gasteiger partial charge in [-0.25, -0.2) is 4.98 Å². The van der Waals surface area contributed by atoms with Crippen LogP contribution in [-0.2, 0) is 6.54 Å². The van der Waals surface area contributed by atoms with E-state index in [9.17, 15) is 0 Å². The topological polar surface area (TPSA) is 53.9 Å². The molecule has 104 valence electrons. The molecular formula is C16H19N3O. The lowest BCUT2D eigenvalue weighted by atomic mass is 10.1. The highest BCUT2D eigenvalue weighted by atomic mass is 16.3. The minimum atomic E-state index is 0.237. The van der Waals surface area contributed by atoms with E-state index in [0.717, 1.165) is 28.4 Å². The first-order chi connectivity index (χ1) is 9.63. The lowest BCUT2D eigenvalue weighted by Gasteiger charge is -2.11. The van der Waals surface area contributed by atoms with Crippen LogP contribution in [0.1, 0.15) is 35.9 Å². The Hall–Kier alpha value is -2.07. The number of aryl methyl sites for hydroxylation is 2. The zero-order valence-electron chi connectivity index (χ0n) is 12.0. The first kappa shape index (κ1) is 12.9. The van der Waals surface area contributed by atoms with E-state index in [1.165, 1.54) is 5.56 Å². The van der Waals surface area contributed by atoms with Crippen LogP contribution in [-0.4, -0.2) is 9.97 Å². The second kappa shape index (κ2) is 5.13. The molecule has 0 amide bonds. The predicted molar refractivity (Wildman–Crippen MR) is 79.5 cm³/mol. The number of aromatic amines is 1. The lowest BCUT2D eigenvalue weighted by molar-refractivity contribution is 0.488. The summed E-state index contributed by atoms with van der Waals surface area (Å²) in [4.78, 5) is 7.89. The molecule has 3 aromatic rings. The Bertz CT molecular complexity index is 693. The van der Waals surface area contributed by atoms with Crippen molar-refractivity contribution < 1.29 is 4.42 Å². The van der Waals surface area contributed by atoms with Gasteiger partial charge in [-0.3, -0.25) is 0 Å². The summed E-state index contributed by atoms with van der Waals surface area (Å²) in [7, 11) is 0. The Balaban J connectivity index is 1.71. The Morgan fingerprint density at radius 1 is 1.30 bits per heavy atom. The van der Waals surface area contributed by atoms with Crippen LogP contribution in [0, 0.1) is 13.8 Å². The summed E-state index contributed by atoms with van der Waals surface area (Å²) >= 11 is 0. The van der Waals surface area contributed by atoms with Gasteiger partial charge in [-0.15, -0.1) is 0 Å². The number of furan rings is 1. The molecule has 0 aliphatic heterocycles. The predicted octanol–water partition coefficient (Wildman–Crippen LogP) is 3.62. The van der Waals surface area contributed by atoms with Crippen LogP contribution >= 0.6 is 0 Å². The van der Waals surface area contributed by atoms with Crippen LogP contribution in [0.5, 0.6) is 0 Å². The number of rotatable bonds is 4. The van der Waals surface area contributed by atoms with Crippen LogP contribution in [0.25, 0.3) is 11.0 Å². The molecule has 0 spiro atoms. The average Bonchev–Trinajstić information content (AvgIpc) is 2.98. The minimum Gasteiger partial charge on any atom is -0.466 e. The maximum atomic E-state index is 5.57. The molecule has 4 nitrogen and oxygen atoms in total. The highest BCUT2D eigenvalue weighted by Crippen LogP contribution is 2.21. The van der Waals surface area contributed by atoms with Gasteiger partial charge in [0.15, 0.2) is 0 Å². The molecule has 0 saturated carbocycles. The smallest absolute Gasteiger partial charge is 0.121 e. The van der Waals surface area contributed by atoms with Crippen LogP contribution in [0.15, 0.2) is 34.7 Å². The van der Waals surface area contributed by atoms with Gasteiger partial charge in [0.05, 0.1) is 17.6 Å². The van der Waals surface area contributed by atoms with E-state index < -0.39 is 0 Å². The molecule has 20 heavy (non-hydrogen) atoms. The third kappa shape index (κ3) is 2.47. The van der Waals surface area contributed by atoms with E-state index in [0.29, 0.717) is 6.54 Å². The molecule has 0 aliphatic carbocycles. The van der Waals surface area contributed by atoms with Crippen molar-refractivity contribution in [3.63, 3.8) is 0 Å². The van der Waals surface area contributed by atoms with E-state index in [1.54, 1.807) is 0 Å². The van der Waals surface area contributed by atoms with Gasteiger partial charge in [0, 0.05) is 11.6 Å². The number of nitrogens with one attached hydrogen (secondary N) is 2. The second-order valence-electron chi connectivity index (χ2n) is 5.17.